The summed E-state index contributed by atoms with van der Waals surface area (Å²) in [7, 11) is 1.38. The molecule has 1 N–H and O–H groups in total. The Bertz CT molecular complexity index is 847. The van der Waals surface area contributed by atoms with E-state index in [1.54, 1.807) is 36.4 Å². The van der Waals surface area contributed by atoms with E-state index in [1.165, 1.54) is 24.1 Å². The van der Waals surface area contributed by atoms with Gasteiger partial charge >= 0.3 is 5.97 Å². The number of carboxylic acid groups (broad SMARTS) is 1. The van der Waals surface area contributed by atoms with E-state index in [4.69, 9.17) is 4.84 Å². The number of hydrogen-bond donors (Lipinski definition) is 1. The summed E-state index contributed by atoms with van der Waals surface area (Å²) >= 11 is 0. The van der Waals surface area contributed by atoms with Crippen molar-refractivity contribution in [2.45, 2.75) is 12.5 Å². The van der Waals surface area contributed by atoms with Crippen LogP contribution in [-0.4, -0.2) is 47.3 Å². The van der Waals surface area contributed by atoms with Gasteiger partial charge in [0.25, 0.3) is 5.91 Å². The highest BCUT2D eigenvalue weighted by Gasteiger charge is 2.38. The topological polar surface area (TPSA) is 79.2 Å². The summed E-state index contributed by atoms with van der Waals surface area (Å²) in [6.07, 6.45) is 0.141. The average Bonchev–Trinajstić information content (AvgIpc) is 3.06. The van der Waals surface area contributed by atoms with Crippen molar-refractivity contribution in [3.8, 4) is 11.1 Å². The van der Waals surface area contributed by atoms with Crippen LogP contribution in [0.1, 0.15) is 16.8 Å². The first kappa shape index (κ1) is 17.6. The molecule has 0 unspecified atom stereocenters. The van der Waals surface area contributed by atoms with E-state index in [-0.39, 0.29) is 24.7 Å². The summed E-state index contributed by atoms with van der Waals surface area (Å²) < 4.78 is 13.0. The van der Waals surface area contributed by atoms with E-state index < -0.39 is 12.0 Å². The molecule has 26 heavy (non-hydrogen) atoms. The van der Waals surface area contributed by atoms with E-state index in [0.717, 1.165) is 11.1 Å². The van der Waals surface area contributed by atoms with Crippen LogP contribution in [0.2, 0.25) is 0 Å². The van der Waals surface area contributed by atoms with Gasteiger partial charge in [-0.15, -0.1) is 0 Å². The molecule has 0 spiro atoms. The molecule has 1 amide bonds. The van der Waals surface area contributed by atoms with Crippen LogP contribution in [0.15, 0.2) is 53.7 Å². The Balaban J connectivity index is 1.82. The lowest BCUT2D eigenvalue weighted by Gasteiger charge is -2.20. The third kappa shape index (κ3) is 3.56. The largest absolute Gasteiger partial charge is 0.480 e. The Hall–Kier alpha value is -3.22. The standard InChI is InChI=1S/C19H17FN2O4/c1-26-21-16-10-17(19(24)25)22(11-16)18(23)14-4-2-12(3-5-14)13-6-8-15(20)9-7-13/h2-9,17H,10-11H2,1H3,(H,24,25)/t17-/m0/s1. The number of nitrogens with zero attached hydrogens (tertiary/aromatic N) is 2. The molecule has 134 valence electrons. The molecular weight excluding hydrogens is 339 g/mol. The number of rotatable bonds is 4. The minimum atomic E-state index is -1.08. The molecule has 7 heteroatoms. The van der Waals surface area contributed by atoms with Gasteiger partial charge in [-0.05, 0) is 35.4 Å². The quantitative estimate of drug-likeness (QED) is 0.855. The number of hydrogen-bond acceptors (Lipinski definition) is 4. The van der Waals surface area contributed by atoms with E-state index in [1.807, 2.05) is 0 Å². The number of carboxylic acids is 1. The Morgan fingerprint density at radius 3 is 2.23 bits per heavy atom. The first-order valence-electron chi connectivity index (χ1n) is 7.98. The monoisotopic (exact) mass is 356 g/mol. The third-order valence-corrected chi connectivity index (χ3v) is 4.23. The molecule has 0 aromatic heterocycles. The Morgan fingerprint density at radius 1 is 1.12 bits per heavy atom. The molecule has 0 aliphatic carbocycles. The number of likely N-dealkylation sites (tertiary alicyclic amines) is 1. The first-order valence-corrected chi connectivity index (χ1v) is 7.98. The summed E-state index contributed by atoms with van der Waals surface area (Å²) in [6, 6.07) is 11.8. The molecule has 1 aliphatic rings. The maximum absolute atomic E-state index is 13.0. The number of carbonyl (C=O) groups excluding carboxylic acids is 1. The molecule has 1 atom stereocenters. The van der Waals surface area contributed by atoms with E-state index in [2.05, 4.69) is 5.16 Å². The molecule has 0 radical (unpaired) electrons. The molecule has 1 saturated heterocycles. The maximum atomic E-state index is 13.0. The number of amides is 1. The van der Waals surface area contributed by atoms with Crippen LogP contribution in [0, 0.1) is 5.82 Å². The first-order chi connectivity index (χ1) is 12.5. The van der Waals surface area contributed by atoms with Gasteiger partial charge in [-0.3, -0.25) is 4.79 Å². The molecule has 2 aromatic rings. The second-order valence-corrected chi connectivity index (χ2v) is 5.92. The van der Waals surface area contributed by atoms with Crippen LogP contribution in [0.3, 0.4) is 0 Å². The SMILES string of the molecule is CON=C1C[C@@H](C(=O)O)N(C(=O)c2ccc(-c3ccc(F)cc3)cc2)C1. The molecule has 0 bridgehead atoms. The molecule has 0 saturated carbocycles. The Morgan fingerprint density at radius 2 is 1.69 bits per heavy atom. The molecule has 1 aliphatic heterocycles. The van der Waals surface area contributed by atoms with Crippen molar-refractivity contribution >= 4 is 17.6 Å². The highest BCUT2D eigenvalue weighted by atomic mass is 19.1. The summed E-state index contributed by atoms with van der Waals surface area (Å²) in [5.41, 5.74) is 2.54. The van der Waals surface area contributed by atoms with Crippen LogP contribution in [0.25, 0.3) is 11.1 Å². The lowest BCUT2D eigenvalue weighted by Crippen LogP contribution is -2.40. The number of oxime groups is 1. The molecule has 1 heterocycles. The van der Waals surface area contributed by atoms with Crippen molar-refractivity contribution in [1.29, 1.82) is 0 Å². The highest BCUT2D eigenvalue weighted by molar-refractivity contribution is 6.04. The van der Waals surface area contributed by atoms with E-state index in [9.17, 15) is 19.1 Å². The van der Waals surface area contributed by atoms with Gasteiger partial charge in [-0.25, -0.2) is 9.18 Å². The van der Waals surface area contributed by atoms with Gasteiger partial charge in [0.2, 0.25) is 0 Å². The van der Waals surface area contributed by atoms with E-state index in [0.29, 0.717) is 11.3 Å². The number of benzene rings is 2. The second kappa shape index (κ2) is 7.35. The summed E-state index contributed by atoms with van der Waals surface area (Å²) in [5.74, 6) is -1.78. The van der Waals surface area contributed by atoms with Crippen LogP contribution < -0.4 is 0 Å². The fourth-order valence-corrected chi connectivity index (χ4v) is 2.95. The third-order valence-electron chi connectivity index (χ3n) is 4.23. The fraction of sp³-hybridized carbons (Fsp3) is 0.211. The zero-order chi connectivity index (χ0) is 18.7. The van der Waals surface area contributed by atoms with Crippen molar-refractivity contribution in [2.75, 3.05) is 13.7 Å². The van der Waals surface area contributed by atoms with Gasteiger partial charge in [0.05, 0.1) is 12.3 Å². The van der Waals surface area contributed by atoms with Gasteiger partial charge < -0.3 is 14.8 Å². The predicted molar refractivity (Wildman–Crippen MR) is 93.4 cm³/mol. The number of aliphatic carboxylic acids is 1. The number of carbonyl (C=O) groups is 2. The lowest BCUT2D eigenvalue weighted by atomic mass is 10.0. The van der Waals surface area contributed by atoms with Crippen molar-refractivity contribution in [3.63, 3.8) is 0 Å². The molecule has 1 fully saturated rings. The van der Waals surface area contributed by atoms with Crippen LogP contribution >= 0.6 is 0 Å². The van der Waals surface area contributed by atoms with Gasteiger partial charge in [0.1, 0.15) is 19.0 Å². The second-order valence-electron chi connectivity index (χ2n) is 5.92. The predicted octanol–water partition coefficient (Wildman–Crippen LogP) is 2.79. The smallest absolute Gasteiger partial charge is 0.326 e. The minimum Gasteiger partial charge on any atom is -0.480 e. The van der Waals surface area contributed by atoms with Gasteiger partial charge in [0, 0.05) is 12.0 Å². The van der Waals surface area contributed by atoms with Crippen LogP contribution in [0.4, 0.5) is 4.39 Å². The highest BCUT2D eigenvalue weighted by Crippen LogP contribution is 2.23. The molecule has 6 nitrogen and oxygen atoms in total. The summed E-state index contributed by atoms with van der Waals surface area (Å²) in [4.78, 5) is 30.1. The maximum Gasteiger partial charge on any atom is 0.326 e. The molecule has 2 aromatic carbocycles. The number of halogens is 1. The minimum absolute atomic E-state index is 0.114. The lowest BCUT2D eigenvalue weighted by molar-refractivity contribution is -0.141. The fourth-order valence-electron chi connectivity index (χ4n) is 2.95. The molecule has 3 rings (SSSR count). The van der Waals surface area contributed by atoms with Crippen LogP contribution in [0.5, 0.6) is 0 Å². The average molecular weight is 356 g/mol. The summed E-state index contributed by atoms with van der Waals surface area (Å²) in [5, 5.41) is 13.1. The van der Waals surface area contributed by atoms with Gasteiger partial charge in [-0.2, -0.15) is 0 Å². The summed E-state index contributed by atoms with van der Waals surface area (Å²) in [6.45, 7) is 0.114. The van der Waals surface area contributed by atoms with Crippen molar-refractivity contribution in [2.24, 2.45) is 5.16 Å². The Labute approximate surface area is 149 Å². The normalized spacial score (nSPS) is 18.2. The van der Waals surface area contributed by atoms with Crippen LogP contribution in [-0.2, 0) is 9.63 Å². The molecular formula is C19H17FN2O4. The van der Waals surface area contributed by atoms with Crippen molar-refractivity contribution in [1.82, 2.24) is 4.90 Å². The van der Waals surface area contributed by atoms with Gasteiger partial charge in [0.15, 0.2) is 0 Å². The Kier molecular flexibility index (Phi) is 4.97. The van der Waals surface area contributed by atoms with Crippen molar-refractivity contribution in [3.05, 3.63) is 59.9 Å². The van der Waals surface area contributed by atoms with Crippen molar-refractivity contribution < 1.29 is 23.9 Å². The van der Waals surface area contributed by atoms with E-state index >= 15 is 0 Å². The zero-order valence-corrected chi connectivity index (χ0v) is 14.1. The van der Waals surface area contributed by atoms with Gasteiger partial charge in [-0.1, -0.05) is 29.4 Å². The zero-order valence-electron chi connectivity index (χ0n) is 14.1.